The van der Waals surface area contributed by atoms with E-state index in [0.29, 0.717) is 18.0 Å². The minimum absolute atomic E-state index is 0.183. The molecule has 130 valence electrons. The Balaban J connectivity index is 2.00. The Kier molecular flexibility index (Phi) is 5.42. The summed E-state index contributed by atoms with van der Waals surface area (Å²) in [4.78, 5) is 0. The number of hydrogen-bond donors (Lipinski definition) is 2. The van der Waals surface area contributed by atoms with Crippen molar-refractivity contribution in [2.45, 2.75) is 83.5 Å². The predicted molar refractivity (Wildman–Crippen MR) is 98.3 cm³/mol. The normalized spacial score (nSPS) is 23.3. The van der Waals surface area contributed by atoms with Gasteiger partial charge in [-0.2, -0.15) is 0 Å². The van der Waals surface area contributed by atoms with E-state index in [0.717, 1.165) is 18.6 Å². The molecule has 1 fully saturated rings. The Labute approximate surface area is 142 Å². The Morgan fingerprint density at radius 2 is 1.57 bits per heavy atom. The highest BCUT2D eigenvalue weighted by Crippen LogP contribution is 2.30. The molecule has 3 nitrogen and oxygen atoms in total. The Morgan fingerprint density at radius 1 is 1.04 bits per heavy atom. The van der Waals surface area contributed by atoms with Crippen molar-refractivity contribution in [1.29, 1.82) is 0 Å². The minimum Gasteiger partial charge on any atom is -0.497 e. The van der Waals surface area contributed by atoms with E-state index < -0.39 is 0 Å². The van der Waals surface area contributed by atoms with Crippen LogP contribution in [0, 0.1) is 0 Å². The number of methoxy groups -OCH3 is 1. The van der Waals surface area contributed by atoms with Gasteiger partial charge in [0, 0.05) is 23.2 Å². The highest BCUT2D eigenvalue weighted by atomic mass is 16.5. The van der Waals surface area contributed by atoms with Gasteiger partial charge in [-0.3, -0.25) is 0 Å². The van der Waals surface area contributed by atoms with Crippen LogP contribution in [0.15, 0.2) is 24.3 Å². The maximum Gasteiger partial charge on any atom is 0.118 e. The van der Waals surface area contributed by atoms with Crippen LogP contribution in [0.2, 0.25) is 0 Å². The molecule has 0 aromatic heterocycles. The van der Waals surface area contributed by atoms with Crippen molar-refractivity contribution in [1.82, 2.24) is 10.6 Å². The number of rotatable bonds is 5. The second-order valence-corrected chi connectivity index (χ2v) is 8.52. The Hall–Kier alpha value is -1.06. The van der Waals surface area contributed by atoms with Crippen molar-refractivity contribution in [3.63, 3.8) is 0 Å². The van der Waals surface area contributed by atoms with E-state index in [-0.39, 0.29) is 11.1 Å². The van der Waals surface area contributed by atoms with Crippen LogP contribution >= 0.6 is 0 Å². The van der Waals surface area contributed by atoms with Crippen molar-refractivity contribution in [3.8, 4) is 5.75 Å². The molecule has 3 heteroatoms. The van der Waals surface area contributed by atoms with Gasteiger partial charge in [0.15, 0.2) is 0 Å². The average Bonchev–Trinajstić information content (AvgIpc) is 2.43. The Bertz CT molecular complexity index is 491. The zero-order valence-electron chi connectivity index (χ0n) is 15.9. The minimum atomic E-state index is 0.183. The fraction of sp³-hybridized carbons (Fsp3) is 0.700. The Morgan fingerprint density at radius 3 is 2.04 bits per heavy atom. The summed E-state index contributed by atoms with van der Waals surface area (Å²) in [5.41, 5.74) is 1.73. The first kappa shape index (κ1) is 18.3. The van der Waals surface area contributed by atoms with Gasteiger partial charge in [0.25, 0.3) is 0 Å². The third-order valence-corrected chi connectivity index (χ3v) is 5.08. The van der Waals surface area contributed by atoms with Gasteiger partial charge < -0.3 is 15.4 Å². The molecule has 1 aliphatic heterocycles. The monoisotopic (exact) mass is 318 g/mol. The van der Waals surface area contributed by atoms with Crippen molar-refractivity contribution in [2.75, 3.05) is 7.11 Å². The van der Waals surface area contributed by atoms with E-state index in [9.17, 15) is 0 Å². The molecule has 1 aliphatic rings. The molecule has 0 radical (unpaired) electrons. The highest BCUT2D eigenvalue weighted by Gasteiger charge is 2.38. The molecule has 2 atom stereocenters. The molecule has 23 heavy (non-hydrogen) atoms. The van der Waals surface area contributed by atoms with Crippen molar-refractivity contribution in [2.24, 2.45) is 0 Å². The standard InChI is InChI=1S/C20H34N2O/c1-14(16-8-10-18(23-7)11-9-16)15(2)21-17-12-19(3,4)22-20(5,6)13-17/h8-11,14-15,17,21-22H,12-13H2,1-7H3/t14-,15-/m1/s1. The highest BCUT2D eigenvalue weighted by molar-refractivity contribution is 5.29. The van der Waals surface area contributed by atoms with Crippen LogP contribution in [0.1, 0.15) is 65.9 Å². The number of ether oxygens (including phenoxy) is 1. The molecule has 1 heterocycles. The lowest BCUT2D eigenvalue weighted by Gasteiger charge is -2.47. The van der Waals surface area contributed by atoms with Gasteiger partial charge in [-0.05, 0) is 71.1 Å². The van der Waals surface area contributed by atoms with E-state index >= 15 is 0 Å². The van der Waals surface area contributed by atoms with Crippen LogP contribution in [0.5, 0.6) is 5.75 Å². The summed E-state index contributed by atoms with van der Waals surface area (Å²) < 4.78 is 5.25. The van der Waals surface area contributed by atoms with Gasteiger partial charge in [-0.25, -0.2) is 0 Å². The summed E-state index contributed by atoms with van der Waals surface area (Å²) >= 11 is 0. The van der Waals surface area contributed by atoms with Gasteiger partial charge in [0.1, 0.15) is 5.75 Å². The van der Waals surface area contributed by atoms with Gasteiger partial charge >= 0.3 is 0 Å². The molecule has 0 aliphatic carbocycles. The van der Waals surface area contributed by atoms with Crippen molar-refractivity contribution in [3.05, 3.63) is 29.8 Å². The van der Waals surface area contributed by atoms with E-state index in [1.165, 1.54) is 5.56 Å². The van der Waals surface area contributed by atoms with E-state index in [1.54, 1.807) is 7.11 Å². The summed E-state index contributed by atoms with van der Waals surface area (Å²) in [7, 11) is 1.71. The molecule has 2 N–H and O–H groups in total. The zero-order valence-corrected chi connectivity index (χ0v) is 15.9. The van der Waals surface area contributed by atoms with Gasteiger partial charge in [-0.15, -0.1) is 0 Å². The van der Waals surface area contributed by atoms with Crippen molar-refractivity contribution >= 4 is 0 Å². The number of hydrogen-bond acceptors (Lipinski definition) is 3. The van der Waals surface area contributed by atoms with Crippen LogP contribution in [0.3, 0.4) is 0 Å². The molecule has 0 unspecified atom stereocenters. The molecule has 1 saturated heterocycles. The summed E-state index contributed by atoms with van der Waals surface area (Å²) in [6, 6.07) is 9.45. The molecular weight excluding hydrogens is 284 g/mol. The fourth-order valence-electron chi connectivity index (χ4n) is 4.15. The van der Waals surface area contributed by atoms with Crippen molar-refractivity contribution < 1.29 is 4.74 Å². The second-order valence-electron chi connectivity index (χ2n) is 8.52. The topological polar surface area (TPSA) is 33.3 Å². The van der Waals surface area contributed by atoms with Gasteiger partial charge in [0.05, 0.1) is 7.11 Å². The van der Waals surface area contributed by atoms with E-state index in [1.807, 2.05) is 0 Å². The molecule has 0 saturated carbocycles. The molecule has 0 spiro atoms. The number of piperidine rings is 1. The van der Waals surface area contributed by atoms with Crippen LogP contribution < -0.4 is 15.4 Å². The number of benzene rings is 1. The van der Waals surface area contributed by atoms with E-state index in [2.05, 4.69) is 76.4 Å². The predicted octanol–water partition coefficient (Wildman–Crippen LogP) is 4.09. The molecule has 0 amide bonds. The fourth-order valence-corrected chi connectivity index (χ4v) is 4.15. The summed E-state index contributed by atoms with van der Waals surface area (Å²) in [6.45, 7) is 13.8. The summed E-state index contributed by atoms with van der Waals surface area (Å²) in [6.07, 6.45) is 2.33. The first-order chi connectivity index (χ1) is 10.6. The lowest BCUT2D eigenvalue weighted by Crippen LogP contribution is -2.62. The van der Waals surface area contributed by atoms with Gasteiger partial charge in [-0.1, -0.05) is 19.1 Å². The molecular formula is C20H34N2O. The maximum absolute atomic E-state index is 5.25. The molecule has 0 bridgehead atoms. The van der Waals surface area contributed by atoms with Gasteiger partial charge in [0.2, 0.25) is 0 Å². The van der Waals surface area contributed by atoms with E-state index in [4.69, 9.17) is 4.74 Å². The van der Waals surface area contributed by atoms with Crippen LogP contribution in [-0.2, 0) is 0 Å². The molecule has 1 aromatic rings. The smallest absolute Gasteiger partial charge is 0.118 e. The molecule has 2 rings (SSSR count). The van der Waals surface area contributed by atoms with Crippen LogP contribution in [0.25, 0.3) is 0 Å². The quantitative estimate of drug-likeness (QED) is 0.858. The third-order valence-electron chi connectivity index (χ3n) is 5.08. The summed E-state index contributed by atoms with van der Waals surface area (Å²) in [5.74, 6) is 1.39. The first-order valence-electron chi connectivity index (χ1n) is 8.81. The third kappa shape index (κ3) is 4.95. The van der Waals surface area contributed by atoms with Crippen LogP contribution in [-0.4, -0.2) is 30.3 Å². The SMILES string of the molecule is COc1ccc([C@H](C)[C@@H](C)NC2CC(C)(C)NC(C)(C)C2)cc1. The average molecular weight is 319 g/mol. The number of nitrogens with one attached hydrogen (secondary N) is 2. The maximum atomic E-state index is 5.25. The summed E-state index contributed by atoms with van der Waals surface area (Å²) in [5, 5.41) is 7.64. The van der Waals surface area contributed by atoms with Crippen LogP contribution in [0.4, 0.5) is 0 Å². The second kappa shape index (κ2) is 6.82. The molecule has 1 aromatic carbocycles. The first-order valence-corrected chi connectivity index (χ1v) is 8.81. The zero-order chi connectivity index (χ0) is 17.3. The lowest BCUT2D eigenvalue weighted by molar-refractivity contribution is 0.138. The largest absolute Gasteiger partial charge is 0.497 e. The lowest BCUT2D eigenvalue weighted by atomic mass is 9.79.